The Morgan fingerprint density at radius 3 is 3.10 bits per heavy atom. The van der Waals surface area contributed by atoms with E-state index in [0.29, 0.717) is 11.7 Å². The Morgan fingerprint density at radius 1 is 1.60 bits per heavy atom. The molecule has 106 valence electrons. The maximum Gasteiger partial charge on any atom is 0.344 e. The quantitative estimate of drug-likeness (QED) is 0.667. The monoisotopic (exact) mass is 308 g/mol. The van der Waals surface area contributed by atoms with Gasteiger partial charge in [-0.1, -0.05) is 23.6 Å². The third-order valence-corrected chi connectivity index (χ3v) is 4.67. The average Bonchev–Trinajstić information content (AvgIpc) is 3.00. The third-order valence-electron chi connectivity index (χ3n) is 2.59. The third kappa shape index (κ3) is 3.33. The van der Waals surface area contributed by atoms with Crippen LogP contribution in [0.3, 0.4) is 0 Å². The topological polar surface area (TPSA) is 76.7 Å². The summed E-state index contributed by atoms with van der Waals surface area (Å²) in [6.07, 6.45) is 0. The van der Waals surface area contributed by atoms with E-state index in [-0.39, 0.29) is 11.7 Å². The van der Waals surface area contributed by atoms with Crippen LogP contribution in [0.4, 0.5) is 0 Å². The van der Waals surface area contributed by atoms with Gasteiger partial charge in [0.2, 0.25) is 0 Å². The predicted octanol–water partition coefficient (Wildman–Crippen LogP) is 1.82. The maximum atomic E-state index is 11.6. The number of nitrogens with one attached hydrogen (secondary N) is 1. The summed E-state index contributed by atoms with van der Waals surface area (Å²) >= 11 is 3.18. The molecule has 0 atom stereocenters. The molecule has 20 heavy (non-hydrogen) atoms. The van der Waals surface area contributed by atoms with Gasteiger partial charge in [-0.15, -0.1) is 16.4 Å². The van der Waals surface area contributed by atoms with E-state index in [1.165, 1.54) is 16.6 Å². The van der Waals surface area contributed by atoms with Crippen LogP contribution in [0, 0.1) is 11.8 Å². The van der Waals surface area contributed by atoms with Crippen LogP contribution in [0.15, 0.2) is 21.4 Å². The van der Waals surface area contributed by atoms with Crippen molar-refractivity contribution in [3.05, 3.63) is 32.4 Å². The molecule has 0 bridgehead atoms. The fourth-order valence-electron chi connectivity index (χ4n) is 1.69. The van der Waals surface area contributed by atoms with Gasteiger partial charge in [0, 0.05) is 22.2 Å². The minimum Gasteiger partial charge on any atom is -0.320 e. The number of H-pyrrole nitrogens is 1. The number of thiophene rings is 1. The molecule has 0 saturated heterocycles. The molecule has 7 heteroatoms. The molecule has 0 amide bonds. The lowest BCUT2D eigenvalue weighted by molar-refractivity contribution is 0.534. The molecule has 2 aromatic rings. The van der Waals surface area contributed by atoms with Gasteiger partial charge in [-0.25, -0.2) is 9.89 Å². The molecule has 0 aliphatic carbocycles. The first-order valence-electron chi connectivity index (χ1n) is 6.18. The fourth-order valence-corrected chi connectivity index (χ4v) is 3.71. The molecule has 0 aliphatic rings. The predicted molar refractivity (Wildman–Crippen MR) is 83.0 cm³/mol. The zero-order valence-electron chi connectivity index (χ0n) is 11.3. The smallest absolute Gasteiger partial charge is 0.320 e. The van der Waals surface area contributed by atoms with Gasteiger partial charge in [-0.3, -0.25) is 4.57 Å². The Morgan fingerprint density at radius 2 is 2.40 bits per heavy atom. The molecule has 0 saturated carbocycles. The van der Waals surface area contributed by atoms with Gasteiger partial charge >= 0.3 is 5.69 Å². The number of hydrogen-bond acceptors (Lipinski definition) is 5. The molecule has 2 rings (SSSR count). The first-order valence-corrected chi connectivity index (χ1v) is 8.05. The Labute approximate surface area is 125 Å². The van der Waals surface area contributed by atoms with Gasteiger partial charge in [0.05, 0.1) is 6.54 Å². The second-order valence-electron chi connectivity index (χ2n) is 4.33. The second kappa shape index (κ2) is 6.79. The summed E-state index contributed by atoms with van der Waals surface area (Å²) in [7, 11) is 0. The minimum absolute atomic E-state index is 0.0867. The van der Waals surface area contributed by atoms with Crippen LogP contribution in [-0.4, -0.2) is 21.3 Å². The van der Waals surface area contributed by atoms with Crippen molar-refractivity contribution in [3.63, 3.8) is 0 Å². The van der Waals surface area contributed by atoms with Crippen LogP contribution in [-0.2, 0) is 5.75 Å². The molecule has 2 heterocycles. The number of hydrogen-bond donors (Lipinski definition) is 2. The average molecular weight is 308 g/mol. The molecular weight excluding hydrogens is 292 g/mol. The lowest BCUT2D eigenvalue weighted by Crippen LogP contribution is -2.19. The van der Waals surface area contributed by atoms with Crippen LogP contribution < -0.4 is 11.4 Å². The molecule has 0 aliphatic heterocycles. The zero-order chi connectivity index (χ0) is 14.5. The summed E-state index contributed by atoms with van der Waals surface area (Å²) in [5, 5.41) is 9.27. The molecule has 0 unspecified atom stereocenters. The van der Waals surface area contributed by atoms with Crippen LogP contribution in [0.5, 0.6) is 0 Å². The van der Waals surface area contributed by atoms with E-state index < -0.39 is 0 Å². The number of nitrogens with two attached hydrogens (primary N) is 1. The molecule has 3 N–H and O–H groups in total. The summed E-state index contributed by atoms with van der Waals surface area (Å²) < 4.78 is 1.66. The highest BCUT2D eigenvalue weighted by Gasteiger charge is 2.13. The molecule has 5 nitrogen and oxygen atoms in total. The number of thioether (sulfide) groups is 1. The van der Waals surface area contributed by atoms with Gasteiger partial charge in [-0.05, 0) is 25.3 Å². The summed E-state index contributed by atoms with van der Waals surface area (Å²) in [6, 6.07) is 2.08. The maximum absolute atomic E-state index is 11.6. The van der Waals surface area contributed by atoms with E-state index >= 15 is 0 Å². The van der Waals surface area contributed by atoms with Gasteiger partial charge in [0.25, 0.3) is 0 Å². The normalized spacial score (nSPS) is 10.6. The molecule has 0 aromatic carbocycles. The van der Waals surface area contributed by atoms with Crippen molar-refractivity contribution in [1.82, 2.24) is 14.8 Å². The molecule has 0 spiro atoms. The first kappa shape index (κ1) is 14.9. The van der Waals surface area contributed by atoms with Crippen LogP contribution >= 0.6 is 23.1 Å². The van der Waals surface area contributed by atoms with Gasteiger partial charge in [0.15, 0.2) is 5.16 Å². The number of nitrogens with zero attached hydrogens (tertiary/aromatic N) is 2. The number of aromatic nitrogens is 3. The van der Waals surface area contributed by atoms with Gasteiger partial charge in [-0.2, -0.15) is 0 Å². The van der Waals surface area contributed by atoms with E-state index in [0.717, 1.165) is 11.3 Å². The van der Waals surface area contributed by atoms with E-state index in [1.54, 1.807) is 15.9 Å². The van der Waals surface area contributed by atoms with Crippen LogP contribution in [0.25, 0.3) is 0 Å². The minimum atomic E-state index is -0.170. The lowest BCUT2D eigenvalue weighted by atomic mass is 10.3. The molecular formula is C13H16N4OS2. The van der Waals surface area contributed by atoms with E-state index in [4.69, 9.17) is 5.73 Å². The SMILES string of the molecule is CC(C)n1c(SCc2sccc2C#CCN)n[nH]c1=O. The van der Waals surface area contributed by atoms with Crippen LogP contribution in [0.1, 0.15) is 30.3 Å². The zero-order valence-corrected chi connectivity index (χ0v) is 13.0. The fraction of sp³-hybridized carbons (Fsp3) is 0.385. The van der Waals surface area contributed by atoms with E-state index in [2.05, 4.69) is 22.0 Å². The number of rotatable bonds is 4. The van der Waals surface area contributed by atoms with Crippen molar-refractivity contribution in [3.8, 4) is 11.8 Å². The Bertz CT molecular complexity index is 687. The largest absolute Gasteiger partial charge is 0.344 e. The lowest BCUT2D eigenvalue weighted by Gasteiger charge is -2.07. The van der Waals surface area contributed by atoms with E-state index in [1.807, 2.05) is 25.3 Å². The van der Waals surface area contributed by atoms with E-state index in [9.17, 15) is 4.79 Å². The summed E-state index contributed by atoms with van der Waals surface area (Å²) in [5.41, 5.74) is 6.22. The number of aromatic amines is 1. The standard InChI is InChI=1S/C13H16N4OS2/c1-9(2)17-12(18)15-16-13(17)20-8-11-10(4-3-6-14)5-7-19-11/h5,7,9H,6,8,14H2,1-2H3,(H,15,18). The summed E-state index contributed by atoms with van der Waals surface area (Å²) in [4.78, 5) is 12.8. The summed E-state index contributed by atoms with van der Waals surface area (Å²) in [5.74, 6) is 6.66. The van der Waals surface area contributed by atoms with Crippen molar-refractivity contribution in [2.24, 2.45) is 5.73 Å². The van der Waals surface area contributed by atoms with Crippen molar-refractivity contribution in [1.29, 1.82) is 0 Å². The van der Waals surface area contributed by atoms with Crippen LogP contribution in [0.2, 0.25) is 0 Å². The molecule has 0 fully saturated rings. The highest BCUT2D eigenvalue weighted by Crippen LogP contribution is 2.26. The highest BCUT2D eigenvalue weighted by atomic mass is 32.2. The van der Waals surface area contributed by atoms with Gasteiger partial charge in [0.1, 0.15) is 0 Å². The molecule has 2 aromatic heterocycles. The first-order chi connectivity index (χ1) is 9.63. The molecule has 0 radical (unpaired) electrons. The van der Waals surface area contributed by atoms with Gasteiger partial charge < -0.3 is 5.73 Å². The van der Waals surface area contributed by atoms with Crippen molar-refractivity contribution in [2.75, 3.05) is 6.54 Å². The summed E-state index contributed by atoms with van der Waals surface area (Å²) in [6.45, 7) is 4.28. The van der Waals surface area contributed by atoms with Crippen molar-refractivity contribution < 1.29 is 0 Å². The Hall–Kier alpha value is -1.49. The highest BCUT2D eigenvalue weighted by molar-refractivity contribution is 7.98. The Kier molecular flexibility index (Phi) is 5.06. The Balaban J connectivity index is 2.14. The van der Waals surface area contributed by atoms with Crippen molar-refractivity contribution >= 4 is 23.1 Å². The second-order valence-corrected chi connectivity index (χ2v) is 6.27. The van der Waals surface area contributed by atoms with Crippen molar-refractivity contribution in [2.45, 2.75) is 30.8 Å².